The Morgan fingerprint density at radius 3 is 2.60 bits per heavy atom. The number of carboxylic acid groups (broad SMARTS) is 1. The van der Waals surface area contributed by atoms with Crippen LogP contribution in [-0.4, -0.2) is 34.7 Å². The molecule has 0 aliphatic carbocycles. The molecule has 20 heavy (non-hydrogen) atoms. The molecule has 7 heteroatoms. The molecule has 0 aliphatic heterocycles. The Kier molecular flexibility index (Phi) is 5.45. The van der Waals surface area contributed by atoms with Crippen molar-refractivity contribution >= 4 is 11.7 Å². The number of carboxylic acids is 1. The van der Waals surface area contributed by atoms with Gasteiger partial charge >= 0.3 is 5.97 Å². The lowest BCUT2D eigenvalue weighted by atomic mass is 10.2. The molecule has 1 aromatic carbocycles. The van der Waals surface area contributed by atoms with Crippen LogP contribution in [0.4, 0.5) is 5.69 Å². The zero-order valence-corrected chi connectivity index (χ0v) is 11.6. The predicted molar refractivity (Wildman–Crippen MR) is 73.0 cm³/mol. The fraction of sp³-hybridized carbons (Fsp3) is 0.462. The smallest absolute Gasteiger partial charge is 0.324 e. The summed E-state index contributed by atoms with van der Waals surface area (Å²) in [6.07, 6.45) is 0. The summed E-state index contributed by atoms with van der Waals surface area (Å²) < 4.78 is 5.38. The highest BCUT2D eigenvalue weighted by atomic mass is 16.6. The number of benzene rings is 1. The lowest BCUT2D eigenvalue weighted by molar-refractivity contribution is -0.385. The number of rotatable bonds is 7. The maximum Gasteiger partial charge on any atom is 0.324 e. The predicted octanol–water partition coefficient (Wildman–Crippen LogP) is 1.73. The molecule has 2 N–H and O–H groups in total. The van der Waals surface area contributed by atoms with Gasteiger partial charge in [-0.1, -0.05) is 13.8 Å². The van der Waals surface area contributed by atoms with Crippen LogP contribution in [0.3, 0.4) is 0 Å². The third-order valence-corrected chi connectivity index (χ3v) is 2.61. The number of nitro groups is 1. The van der Waals surface area contributed by atoms with E-state index in [1.54, 1.807) is 6.92 Å². The summed E-state index contributed by atoms with van der Waals surface area (Å²) in [5.74, 6) is -0.595. The van der Waals surface area contributed by atoms with Crippen LogP contribution in [-0.2, 0) is 4.79 Å². The summed E-state index contributed by atoms with van der Waals surface area (Å²) >= 11 is 0. The van der Waals surface area contributed by atoms with Crippen LogP contribution < -0.4 is 10.1 Å². The zero-order valence-electron chi connectivity index (χ0n) is 11.6. The zero-order chi connectivity index (χ0) is 15.3. The first-order valence-electron chi connectivity index (χ1n) is 6.18. The highest BCUT2D eigenvalue weighted by Crippen LogP contribution is 2.23. The molecule has 0 saturated heterocycles. The first-order valence-corrected chi connectivity index (χ1v) is 6.18. The van der Waals surface area contributed by atoms with E-state index in [1.807, 2.05) is 13.8 Å². The number of hydrogen-bond acceptors (Lipinski definition) is 5. The summed E-state index contributed by atoms with van der Waals surface area (Å²) in [5.41, 5.74) is 0.476. The van der Waals surface area contributed by atoms with Crippen LogP contribution in [0.5, 0.6) is 5.75 Å². The Balaban J connectivity index is 2.71. The van der Waals surface area contributed by atoms with Gasteiger partial charge in [0.05, 0.1) is 4.92 Å². The largest absolute Gasteiger partial charge is 0.491 e. The monoisotopic (exact) mass is 282 g/mol. The van der Waals surface area contributed by atoms with Gasteiger partial charge in [-0.05, 0) is 19.1 Å². The van der Waals surface area contributed by atoms with Gasteiger partial charge in [0.2, 0.25) is 0 Å². The maximum atomic E-state index is 11.0. The fourth-order valence-electron chi connectivity index (χ4n) is 1.70. The molecule has 0 fully saturated rings. The quantitative estimate of drug-likeness (QED) is 0.583. The van der Waals surface area contributed by atoms with Gasteiger partial charge < -0.3 is 9.84 Å². The van der Waals surface area contributed by atoms with Crippen molar-refractivity contribution in [3.63, 3.8) is 0 Å². The van der Waals surface area contributed by atoms with E-state index in [2.05, 4.69) is 5.32 Å². The molecule has 1 aromatic rings. The molecule has 1 unspecified atom stereocenters. The number of nitro benzene ring substituents is 1. The Morgan fingerprint density at radius 1 is 1.50 bits per heavy atom. The normalized spacial score (nSPS) is 12.2. The number of ether oxygens (including phenoxy) is 1. The van der Waals surface area contributed by atoms with E-state index in [1.165, 1.54) is 18.2 Å². The molecule has 0 heterocycles. The molecule has 0 saturated carbocycles. The summed E-state index contributed by atoms with van der Waals surface area (Å²) in [6.45, 7) is 5.23. The number of aliphatic carboxylic acids is 1. The highest BCUT2D eigenvalue weighted by molar-refractivity contribution is 5.73. The Labute approximate surface area is 116 Å². The Hall–Kier alpha value is -2.15. The molecular weight excluding hydrogens is 264 g/mol. The van der Waals surface area contributed by atoms with E-state index in [9.17, 15) is 14.9 Å². The molecule has 0 radical (unpaired) electrons. The molecule has 7 nitrogen and oxygen atoms in total. The lowest BCUT2D eigenvalue weighted by Crippen LogP contribution is -2.44. The number of carbonyl (C=O) groups is 1. The standard InChI is InChI=1S/C13H18N2O5/c1-8(2)14-11(13(16)17)7-20-10-4-5-12(15(18)19)9(3)6-10/h4-6,8,11,14H,7H2,1-3H3,(H,16,17). The molecule has 0 amide bonds. The second-order valence-electron chi connectivity index (χ2n) is 4.73. The Bertz CT molecular complexity index is 502. The van der Waals surface area contributed by atoms with Gasteiger partial charge in [-0.2, -0.15) is 0 Å². The van der Waals surface area contributed by atoms with Crippen molar-refractivity contribution in [1.82, 2.24) is 5.32 Å². The minimum Gasteiger partial charge on any atom is -0.491 e. The van der Waals surface area contributed by atoms with E-state index in [0.29, 0.717) is 11.3 Å². The molecule has 0 bridgehead atoms. The van der Waals surface area contributed by atoms with E-state index >= 15 is 0 Å². The van der Waals surface area contributed by atoms with Crippen LogP contribution in [0.2, 0.25) is 0 Å². The second kappa shape index (κ2) is 6.85. The molecule has 0 aliphatic rings. The van der Waals surface area contributed by atoms with E-state index in [0.717, 1.165) is 0 Å². The van der Waals surface area contributed by atoms with E-state index < -0.39 is 16.9 Å². The first-order chi connectivity index (χ1) is 9.31. The number of nitrogens with zero attached hydrogens (tertiary/aromatic N) is 1. The summed E-state index contributed by atoms with van der Waals surface area (Å²) in [7, 11) is 0. The van der Waals surface area contributed by atoms with Crippen molar-refractivity contribution < 1.29 is 19.6 Å². The molecule has 110 valence electrons. The SMILES string of the molecule is Cc1cc(OCC(NC(C)C)C(=O)O)ccc1[N+](=O)[O-]. The van der Waals surface area contributed by atoms with Crippen LogP contribution in [0.15, 0.2) is 18.2 Å². The van der Waals surface area contributed by atoms with Crippen LogP contribution in [0, 0.1) is 17.0 Å². The lowest BCUT2D eigenvalue weighted by Gasteiger charge is -2.17. The molecule has 0 aromatic heterocycles. The topological polar surface area (TPSA) is 102 Å². The highest BCUT2D eigenvalue weighted by Gasteiger charge is 2.19. The van der Waals surface area contributed by atoms with Gasteiger partial charge in [0.1, 0.15) is 18.4 Å². The average Bonchev–Trinajstić information content (AvgIpc) is 2.33. The van der Waals surface area contributed by atoms with Gasteiger partial charge in [-0.25, -0.2) is 0 Å². The van der Waals surface area contributed by atoms with Crippen molar-refractivity contribution in [2.24, 2.45) is 0 Å². The second-order valence-corrected chi connectivity index (χ2v) is 4.73. The van der Waals surface area contributed by atoms with Gasteiger partial charge in [0.25, 0.3) is 5.69 Å². The van der Waals surface area contributed by atoms with Gasteiger partial charge in [0.15, 0.2) is 0 Å². The van der Waals surface area contributed by atoms with Crippen molar-refractivity contribution in [2.45, 2.75) is 32.9 Å². The van der Waals surface area contributed by atoms with Crippen molar-refractivity contribution in [1.29, 1.82) is 0 Å². The van der Waals surface area contributed by atoms with Gasteiger partial charge in [-0.15, -0.1) is 0 Å². The van der Waals surface area contributed by atoms with Crippen LogP contribution in [0.1, 0.15) is 19.4 Å². The summed E-state index contributed by atoms with van der Waals surface area (Å²) in [5, 5.41) is 22.6. The molecule has 0 spiro atoms. The van der Waals surface area contributed by atoms with E-state index in [-0.39, 0.29) is 18.3 Å². The minimum atomic E-state index is -1.00. The average molecular weight is 282 g/mol. The Morgan fingerprint density at radius 2 is 2.15 bits per heavy atom. The molecule has 1 rings (SSSR count). The van der Waals surface area contributed by atoms with Crippen LogP contribution in [0.25, 0.3) is 0 Å². The van der Waals surface area contributed by atoms with Gasteiger partial charge in [0, 0.05) is 17.7 Å². The third kappa shape index (κ3) is 4.51. The van der Waals surface area contributed by atoms with E-state index in [4.69, 9.17) is 9.84 Å². The molecule has 1 atom stereocenters. The van der Waals surface area contributed by atoms with Gasteiger partial charge in [-0.3, -0.25) is 20.2 Å². The number of hydrogen-bond donors (Lipinski definition) is 2. The third-order valence-electron chi connectivity index (χ3n) is 2.61. The summed E-state index contributed by atoms with van der Waals surface area (Å²) in [6, 6.07) is 3.51. The first kappa shape index (κ1) is 15.9. The minimum absolute atomic E-state index is 0.00689. The number of aryl methyl sites for hydroxylation is 1. The van der Waals surface area contributed by atoms with Crippen molar-refractivity contribution in [3.8, 4) is 5.75 Å². The fourth-order valence-corrected chi connectivity index (χ4v) is 1.70. The molecular formula is C13H18N2O5. The number of nitrogens with one attached hydrogen (secondary N) is 1. The van der Waals surface area contributed by atoms with Crippen LogP contribution >= 0.6 is 0 Å². The van der Waals surface area contributed by atoms with Crippen molar-refractivity contribution in [3.05, 3.63) is 33.9 Å². The maximum absolute atomic E-state index is 11.0. The van der Waals surface area contributed by atoms with Crippen molar-refractivity contribution in [2.75, 3.05) is 6.61 Å². The summed E-state index contributed by atoms with van der Waals surface area (Å²) in [4.78, 5) is 21.2.